The third kappa shape index (κ3) is 5.95. The Balaban J connectivity index is 1.37. The van der Waals surface area contributed by atoms with Crippen LogP contribution in [0.2, 0.25) is 5.02 Å². The molecule has 3 rings (SSSR count). The SMILES string of the molecule is O[C@H](COc1ccc(F)cc1)CN1CCN(Cc2cccc(Cl)c2)CC1. The van der Waals surface area contributed by atoms with Gasteiger partial charge in [0, 0.05) is 44.3 Å². The summed E-state index contributed by atoms with van der Waals surface area (Å²) in [6.45, 7) is 5.41. The van der Waals surface area contributed by atoms with Crippen LogP contribution in [0.5, 0.6) is 5.75 Å². The fourth-order valence-electron chi connectivity index (χ4n) is 3.10. The second kappa shape index (κ2) is 9.33. The van der Waals surface area contributed by atoms with Crippen LogP contribution in [0.4, 0.5) is 4.39 Å². The maximum atomic E-state index is 12.9. The van der Waals surface area contributed by atoms with Crippen molar-refractivity contribution in [2.75, 3.05) is 39.3 Å². The van der Waals surface area contributed by atoms with Crippen LogP contribution in [0.15, 0.2) is 48.5 Å². The third-order valence-electron chi connectivity index (χ3n) is 4.49. The quantitative estimate of drug-likeness (QED) is 0.803. The van der Waals surface area contributed by atoms with E-state index in [9.17, 15) is 9.50 Å². The smallest absolute Gasteiger partial charge is 0.123 e. The average molecular weight is 379 g/mol. The molecule has 26 heavy (non-hydrogen) atoms. The second-order valence-corrected chi connectivity index (χ2v) is 7.06. The van der Waals surface area contributed by atoms with Crippen LogP contribution in [0.3, 0.4) is 0 Å². The second-order valence-electron chi connectivity index (χ2n) is 6.63. The van der Waals surface area contributed by atoms with E-state index < -0.39 is 6.10 Å². The molecule has 6 heteroatoms. The normalized spacial score (nSPS) is 17.2. The van der Waals surface area contributed by atoms with Gasteiger partial charge in [0.15, 0.2) is 0 Å². The Labute approximate surface area is 158 Å². The van der Waals surface area contributed by atoms with Gasteiger partial charge in [-0.25, -0.2) is 4.39 Å². The van der Waals surface area contributed by atoms with Gasteiger partial charge in [0.2, 0.25) is 0 Å². The number of ether oxygens (including phenoxy) is 1. The molecule has 1 N–H and O–H groups in total. The number of aliphatic hydroxyl groups is 1. The summed E-state index contributed by atoms with van der Waals surface area (Å²) >= 11 is 6.04. The molecule has 1 aliphatic rings. The Kier molecular flexibility index (Phi) is 6.86. The number of β-amino-alcohol motifs (C(OH)–C–C–N with tert-alkyl or cyclic N) is 1. The molecule has 0 amide bonds. The van der Waals surface area contributed by atoms with Gasteiger partial charge in [0.25, 0.3) is 0 Å². The molecule has 140 valence electrons. The summed E-state index contributed by atoms with van der Waals surface area (Å²) in [6, 6.07) is 13.8. The molecule has 0 bridgehead atoms. The number of hydrogen-bond acceptors (Lipinski definition) is 4. The summed E-state index contributed by atoms with van der Waals surface area (Å²) < 4.78 is 18.4. The van der Waals surface area contributed by atoms with E-state index in [-0.39, 0.29) is 12.4 Å². The van der Waals surface area contributed by atoms with Crippen LogP contribution in [-0.4, -0.2) is 60.3 Å². The molecule has 1 atom stereocenters. The number of nitrogens with zero attached hydrogens (tertiary/aromatic N) is 2. The molecule has 0 aromatic heterocycles. The highest BCUT2D eigenvalue weighted by molar-refractivity contribution is 6.30. The van der Waals surface area contributed by atoms with Crippen molar-refractivity contribution in [2.24, 2.45) is 0 Å². The molecule has 0 aliphatic carbocycles. The first-order valence-corrected chi connectivity index (χ1v) is 9.22. The number of aliphatic hydroxyl groups excluding tert-OH is 1. The van der Waals surface area contributed by atoms with E-state index in [0.29, 0.717) is 12.3 Å². The van der Waals surface area contributed by atoms with Gasteiger partial charge in [0.05, 0.1) is 0 Å². The monoisotopic (exact) mass is 378 g/mol. The molecule has 2 aromatic rings. The van der Waals surface area contributed by atoms with Crippen LogP contribution < -0.4 is 4.74 Å². The highest BCUT2D eigenvalue weighted by Crippen LogP contribution is 2.15. The van der Waals surface area contributed by atoms with Gasteiger partial charge < -0.3 is 9.84 Å². The van der Waals surface area contributed by atoms with Gasteiger partial charge in [0.1, 0.15) is 24.3 Å². The van der Waals surface area contributed by atoms with Crippen LogP contribution in [0.25, 0.3) is 0 Å². The van der Waals surface area contributed by atoms with Crippen molar-refractivity contribution >= 4 is 11.6 Å². The molecule has 4 nitrogen and oxygen atoms in total. The molecular weight excluding hydrogens is 355 g/mol. The van der Waals surface area contributed by atoms with E-state index in [1.54, 1.807) is 12.1 Å². The van der Waals surface area contributed by atoms with E-state index in [1.165, 1.54) is 17.7 Å². The zero-order valence-corrected chi connectivity index (χ0v) is 15.4. The van der Waals surface area contributed by atoms with Crippen molar-refractivity contribution in [3.8, 4) is 5.75 Å². The van der Waals surface area contributed by atoms with Gasteiger partial charge in [-0.05, 0) is 42.0 Å². The zero-order chi connectivity index (χ0) is 18.4. The maximum Gasteiger partial charge on any atom is 0.123 e. The van der Waals surface area contributed by atoms with E-state index >= 15 is 0 Å². The van der Waals surface area contributed by atoms with E-state index in [1.807, 2.05) is 18.2 Å². The summed E-state index contributed by atoms with van der Waals surface area (Å²) in [5, 5.41) is 10.9. The first-order valence-electron chi connectivity index (χ1n) is 8.84. The molecule has 1 aliphatic heterocycles. The van der Waals surface area contributed by atoms with Crippen molar-refractivity contribution in [2.45, 2.75) is 12.6 Å². The lowest BCUT2D eigenvalue weighted by Gasteiger charge is -2.35. The van der Waals surface area contributed by atoms with Crippen molar-refractivity contribution in [3.05, 3.63) is 64.9 Å². The number of benzene rings is 2. The van der Waals surface area contributed by atoms with Crippen molar-refractivity contribution < 1.29 is 14.2 Å². The van der Waals surface area contributed by atoms with Crippen LogP contribution in [-0.2, 0) is 6.54 Å². The van der Waals surface area contributed by atoms with E-state index in [4.69, 9.17) is 16.3 Å². The van der Waals surface area contributed by atoms with Gasteiger partial charge in [-0.15, -0.1) is 0 Å². The van der Waals surface area contributed by atoms with Gasteiger partial charge in [-0.2, -0.15) is 0 Å². The Morgan fingerprint density at radius 2 is 1.73 bits per heavy atom. The lowest BCUT2D eigenvalue weighted by atomic mass is 10.2. The highest BCUT2D eigenvalue weighted by Gasteiger charge is 2.19. The predicted octanol–water partition coefficient (Wildman–Crippen LogP) is 3.04. The van der Waals surface area contributed by atoms with Gasteiger partial charge in [-0.1, -0.05) is 23.7 Å². The van der Waals surface area contributed by atoms with Crippen LogP contribution in [0.1, 0.15) is 5.56 Å². The van der Waals surface area contributed by atoms with Crippen molar-refractivity contribution in [1.82, 2.24) is 9.80 Å². The average Bonchev–Trinajstić information content (AvgIpc) is 2.63. The lowest BCUT2D eigenvalue weighted by molar-refractivity contribution is 0.0446. The molecule has 0 saturated carbocycles. The first kappa shape index (κ1) is 19.1. The highest BCUT2D eigenvalue weighted by atomic mass is 35.5. The van der Waals surface area contributed by atoms with Crippen LogP contribution in [0, 0.1) is 5.82 Å². The lowest BCUT2D eigenvalue weighted by Crippen LogP contribution is -2.48. The maximum absolute atomic E-state index is 12.9. The summed E-state index contributed by atoms with van der Waals surface area (Å²) in [5.74, 6) is 0.269. The Morgan fingerprint density at radius 3 is 2.42 bits per heavy atom. The summed E-state index contributed by atoms with van der Waals surface area (Å²) in [7, 11) is 0. The standard InChI is InChI=1S/C20H24ClFN2O2/c21-17-3-1-2-16(12-17)13-23-8-10-24(11-9-23)14-19(25)15-26-20-6-4-18(22)5-7-20/h1-7,12,19,25H,8-11,13-15H2/t19-/m0/s1. The Hall–Kier alpha value is -1.66. The molecule has 0 unspecified atom stereocenters. The topological polar surface area (TPSA) is 35.9 Å². The van der Waals surface area contributed by atoms with Crippen LogP contribution >= 0.6 is 11.6 Å². The minimum atomic E-state index is -0.570. The third-order valence-corrected chi connectivity index (χ3v) is 4.72. The van der Waals surface area contributed by atoms with E-state index in [0.717, 1.165) is 37.7 Å². The number of piperazine rings is 1. The fraction of sp³-hybridized carbons (Fsp3) is 0.400. The molecule has 1 saturated heterocycles. The molecule has 0 radical (unpaired) electrons. The molecular formula is C20H24ClFN2O2. The minimum Gasteiger partial charge on any atom is -0.491 e. The minimum absolute atomic E-state index is 0.203. The summed E-state index contributed by atoms with van der Waals surface area (Å²) in [5.41, 5.74) is 1.22. The molecule has 0 spiro atoms. The summed E-state index contributed by atoms with van der Waals surface area (Å²) in [4.78, 5) is 4.64. The van der Waals surface area contributed by atoms with Crippen molar-refractivity contribution in [1.29, 1.82) is 0 Å². The number of hydrogen-bond donors (Lipinski definition) is 1. The van der Waals surface area contributed by atoms with Crippen molar-refractivity contribution in [3.63, 3.8) is 0 Å². The summed E-state index contributed by atoms with van der Waals surface area (Å²) in [6.07, 6.45) is -0.570. The predicted molar refractivity (Wildman–Crippen MR) is 101 cm³/mol. The fourth-order valence-corrected chi connectivity index (χ4v) is 3.31. The Morgan fingerprint density at radius 1 is 1.04 bits per heavy atom. The Bertz CT molecular complexity index is 690. The number of halogens is 2. The number of rotatable bonds is 7. The molecule has 1 heterocycles. The molecule has 1 fully saturated rings. The largest absolute Gasteiger partial charge is 0.491 e. The van der Waals surface area contributed by atoms with E-state index in [2.05, 4.69) is 15.9 Å². The van der Waals surface area contributed by atoms with Gasteiger partial charge in [-0.3, -0.25) is 9.80 Å². The zero-order valence-electron chi connectivity index (χ0n) is 14.7. The molecule has 2 aromatic carbocycles. The first-order chi connectivity index (χ1) is 12.6. The van der Waals surface area contributed by atoms with Gasteiger partial charge >= 0.3 is 0 Å².